The molecule has 2 amide bonds. The highest BCUT2D eigenvalue weighted by Crippen LogP contribution is 2.26. The van der Waals surface area contributed by atoms with Crippen LogP contribution in [-0.2, 0) is 17.8 Å². The Morgan fingerprint density at radius 2 is 1.62 bits per heavy atom. The van der Waals surface area contributed by atoms with Gasteiger partial charge in [0.1, 0.15) is 11.3 Å². The Hall–Kier alpha value is -4.64. The van der Waals surface area contributed by atoms with E-state index in [-0.39, 0.29) is 24.3 Å². The molecule has 0 radical (unpaired) electrons. The summed E-state index contributed by atoms with van der Waals surface area (Å²) in [6.07, 6.45) is -6.44. The second kappa shape index (κ2) is 12.5. The van der Waals surface area contributed by atoms with E-state index in [0.717, 1.165) is 17.7 Å². The number of carbonyl (C=O) groups excluding carboxylic acids is 2. The first-order valence-electron chi connectivity index (χ1n) is 12.3. The molecule has 2 atom stereocenters. The van der Waals surface area contributed by atoms with Crippen molar-refractivity contribution in [2.75, 3.05) is 0 Å². The second-order valence-corrected chi connectivity index (χ2v) is 8.97. The monoisotopic (exact) mass is 553 g/mol. The summed E-state index contributed by atoms with van der Waals surface area (Å²) in [5.74, 6) is -1.61. The van der Waals surface area contributed by atoms with Gasteiger partial charge in [0.2, 0.25) is 0 Å². The standard InChI is InChI=1S/C29H26F3N3O5/c1-18-24(26(40-35-18)21-12-6-3-7-13-21)27(37)34-23(16-19-9-4-2-5-10-19)25(36)28(38)33-17-20-11-8-14-22(15-20)39-29(30,31)32/h2-15,23,25,36H,16-17H2,1H3,(H,33,38)(H,34,37)/t23-,25?/m0/s1. The number of aliphatic hydroxyl groups excluding tert-OH is 1. The summed E-state index contributed by atoms with van der Waals surface area (Å²) >= 11 is 0. The maximum atomic E-state index is 13.4. The van der Waals surface area contributed by atoms with Crippen molar-refractivity contribution >= 4 is 11.8 Å². The molecule has 1 unspecified atom stereocenters. The van der Waals surface area contributed by atoms with Crippen LogP contribution in [0.2, 0.25) is 0 Å². The fourth-order valence-corrected chi connectivity index (χ4v) is 4.10. The first kappa shape index (κ1) is 28.4. The lowest BCUT2D eigenvalue weighted by Crippen LogP contribution is -2.51. The van der Waals surface area contributed by atoms with Crippen molar-refractivity contribution in [3.8, 4) is 17.1 Å². The van der Waals surface area contributed by atoms with Gasteiger partial charge in [0.25, 0.3) is 11.8 Å². The van der Waals surface area contributed by atoms with Crippen LogP contribution in [0.3, 0.4) is 0 Å². The molecule has 8 nitrogen and oxygen atoms in total. The van der Waals surface area contributed by atoms with E-state index in [2.05, 4.69) is 20.5 Å². The molecule has 0 saturated heterocycles. The molecule has 3 aromatic carbocycles. The summed E-state index contributed by atoms with van der Waals surface area (Å²) in [6, 6.07) is 21.9. The zero-order chi connectivity index (χ0) is 28.7. The van der Waals surface area contributed by atoms with Gasteiger partial charge in [0, 0.05) is 12.1 Å². The maximum absolute atomic E-state index is 13.4. The average Bonchev–Trinajstić information content (AvgIpc) is 3.32. The molecule has 1 aromatic heterocycles. The van der Waals surface area contributed by atoms with Crippen molar-refractivity contribution < 1.29 is 37.1 Å². The van der Waals surface area contributed by atoms with Crippen molar-refractivity contribution in [2.24, 2.45) is 0 Å². The largest absolute Gasteiger partial charge is 0.573 e. The minimum Gasteiger partial charge on any atom is -0.406 e. The van der Waals surface area contributed by atoms with Gasteiger partial charge in [-0.05, 0) is 36.6 Å². The van der Waals surface area contributed by atoms with E-state index in [4.69, 9.17) is 4.52 Å². The van der Waals surface area contributed by atoms with Gasteiger partial charge in [-0.2, -0.15) is 0 Å². The lowest BCUT2D eigenvalue weighted by Gasteiger charge is -2.24. The van der Waals surface area contributed by atoms with Crippen LogP contribution >= 0.6 is 0 Å². The lowest BCUT2D eigenvalue weighted by molar-refractivity contribution is -0.274. The van der Waals surface area contributed by atoms with Gasteiger partial charge in [0.05, 0.1) is 11.7 Å². The van der Waals surface area contributed by atoms with Crippen molar-refractivity contribution in [2.45, 2.75) is 38.4 Å². The summed E-state index contributed by atoms with van der Waals surface area (Å²) < 4.78 is 46.9. The second-order valence-electron chi connectivity index (χ2n) is 8.97. The number of nitrogens with zero attached hydrogens (tertiary/aromatic N) is 1. The summed E-state index contributed by atoms with van der Waals surface area (Å²) in [5.41, 5.74) is 2.19. The molecule has 0 aliphatic carbocycles. The fourth-order valence-electron chi connectivity index (χ4n) is 4.10. The van der Waals surface area contributed by atoms with Crippen molar-refractivity contribution in [3.63, 3.8) is 0 Å². The third-order valence-electron chi connectivity index (χ3n) is 5.99. The molecule has 40 heavy (non-hydrogen) atoms. The van der Waals surface area contributed by atoms with E-state index in [1.54, 1.807) is 55.5 Å². The van der Waals surface area contributed by atoms with E-state index in [1.807, 2.05) is 12.1 Å². The SMILES string of the molecule is Cc1noc(-c2ccccc2)c1C(=O)N[C@@H](Cc1ccccc1)C(O)C(=O)NCc1cccc(OC(F)(F)F)c1. The first-order valence-corrected chi connectivity index (χ1v) is 12.3. The molecule has 1 heterocycles. The number of nitrogens with one attached hydrogen (secondary N) is 2. The molecular weight excluding hydrogens is 527 g/mol. The molecule has 0 aliphatic rings. The first-order chi connectivity index (χ1) is 19.1. The molecule has 208 valence electrons. The van der Waals surface area contributed by atoms with Crippen molar-refractivity contribution in [3.05, 3.63) is 107 Å². The minimum absolute atomic E-state index is 0.112. The Bertz CT molecular complexity index is 1440. The smallest absolute Gasteiger partial charge is 0.406 e. The Morgan fingerprint density at radius 1 is 0.975 bits per heavy atom. The van der Waals surface area contributed by atoms with Gasteiger partial charge in [-0.25, -0.2) is 0 Å². The van der Waals surface area contributed by atoms with Crippen LogP contribution < -0.4 is 15.4 Å². The van der Waals surface area contributed by atoms with E-state index in [0.29, 0.717) is 16.8 Å². The van der Waals surface area contributed by atoms with Crippen LogP contribution in [0.1, 0.15) is 27.2 Å². The zero-order valence-corrected chi connectivity index (χ0v) is 21.3. The van der Waals surface area contributed by atoms with Gasteiger partial charge >= 0.3 is 6.36 Å². The number of ether oxygens (including phenoxy) is 1. The van der Waals surface area contributed by atoms with Gasteiger partial charge in [-0.1, -0.05) is 78.0 Å². The quantitative estimate of drug-likeness (QED) is 0.265. The molecule has 0 spiro atoms. The Morgan fingerprint density at radius 3 is 2.30 bits per heavy atom. The van der Waals surface area contributed by atoms with E-state index >= 15 is 0 Å². The highest BCUT2D eigenvalue weighted by molar-refractivity contribution is 6.01. The number of hydrogen-bond donors (Lipinski definition) is 3. The van der Waals surface area contributed by atoms with Crippen LogP contribution in [0.15, 0.2) is 89.5 Å². The molecule has 0 aliphatic heterocycles. The number of amides is 2. The third-order valence-corrected chi connectivity index (χ3v) is 5.99. The number of halogens is 3. The number of benzene rings is 3. The number of hydrogen-bond acceptors (Lipinski definition) is 6. The summed E-state index contributed by atoms with van der Waals surface area (Å²) in [7, 11) is 0. The number of carbonyl (C=O) groups is 2. The predicted molar refractivity (Wildman–Crippen MR) is 139 cm³/mol. The molecule has 3 N–H and O–H groups in total. The van der Waals surface area contributed by atoms with Crippen LogP contribution in [0.4, 0.5) is 13.2 Å². The Kier molecular flexibility index (Phi) is 8.85. The number of alkyl halides is 3. The highest BCUT2D eigenvalue weighted by Gasteiger charge is 2.32. The van der Waals surface area contributed by atoms with Gasteiger partial charge in [-0.15, -0.1) is 13.2 Å². The lowest BCUT2D eigenvalue weighted by atomic mass is 9.99. The van der Waals surface area contributed by atoms with Gasteiger partial charge in [0.15, 0.2) is 11.9 Å². The summed E-state index contributed by atoms with van der Waals surface area (Å²) in [5, 5.41) is 20.1. The third kappa shape index (κ3) is 7.48. The van der Waals surface area contributed by atoms with Crippen LogP contribution in [0, 0.1) is 6.92 Å². The molecule has 4 rings (SSSR count). The molecule has 4 aromatic rings. The maximum Gasteiger partial charge on any atom is 0.573 e. The predicted octanol–water partition coefficient (Wildman–Crippen LogP) is 4.57. The Labute approximate surface area is 227 Å². The number of aromatic nitrogens is 1. The van der Waals surface area contributed by atoms with Crippen LogP contribution in [-0.4, -0.2) is 40.6 Å². The molecule has 0 fully saturated rings. The van der Waals surface area contributed by atoms with Gasteiger partial charge < -0.3 is 25.0 Å². The minimum atomic E-state index is -4.86. The average molecular weight is 554 g/mol. The van der Waals surface area contributed by atoms with Crippen LogP contribution in [0.25, 0.3) is 11.3 Å². The Balaban J connectivity index is 1.51. The number of aryl methyl sites for hydroxylation is 1. The normalized spacial score (nSPS) is 12.8. The van der Waals surface area contributed by atoms with Crippen LogP contribution in [0.5, 0.6) is 5.75 Å². The zero-order valence-electron chi connectivity index (χ0n) is 21.3. The van der Waals surface area contributed by atoms with E-state index in [1.165, 1.54) is 12.1 Å². The highest BCUT2D eigenvalue weighted by atomic mass is 19.4. The van der Waals surface area contributed by atoms with E-state index in [9.17, 15) is 27.9 Å². The van der Waals surface area contributed by atoms with Gasteiger partial charge in [-0.3, -0.25) is 9.59 Å². The molecule has 0 bridgehead atoms. The van der Waals surface area contributed by atoms with Crippen molar-refractivity contribution in [1.82, 2.24) is 15.8 Å². The summed E-state index contributed by atoms with van der Waals surface area (Å²) in [4.78, 5) is 26.4. The molecule has 0 saturated carbocycles. The number of rotatable bonds is 10. The summed E-state index contributed by atoms with van der Waals surface area (Å²) in [6.45, 7) is 1.43. The number of aliphatic hydroxyl groups is 1. The molecule has 11 heteroatoms. The topological polar surface area (TPSA) is 114 Å². The fraction of sp³-hybridized carbons (Fsp3) is 0.207. The van der Waals surface area contributed by atoms with E-state index < -0.39 is 36.1 Å². The molecular formula is C29H26F3N3O5. The van der Waals surface area contributed by atoms with Crippen molar-refractivity contribution in [1.29, 1.82) is 0 Å².